The van der Waals surface area contributed by atoms with E-state index in [0.717, 1.165) is 10.8 Å². The molecule has 25 heavy (non-hydrogen) atoms. The van der Waals surface area contributed by atoms with Gasteiger partial charge in [0, 0.05) is 25.2 Å². The van der Waals surface area contributed by atoms with Gasteiger partial charge in [0.15, 0.2) is 5.82 Å². The zero-order valence-corrected chi connectivity index (χ0v) is 13.7. The summed E-state index contributed by atoms with van der Waals surface area (Å²) in [5.41, 5.74) is 0.661. The molecule has 1 aliphatic rings. The van der Waals surface area contributed by atoms with Gasteiger partial charge in [0.25, 0.3) is 5.91 Å². The second-order valence-electron chi connectivity index (χ2n) is 5.80. The van der Waals surface area contributed by atoms with Crippen LogP contribution in [0.2, 0.25) is 0 Å². The fourth-order valence-electron chi connectivity index (χ4n) is 3.10. The molecule has 4 rings (SSSR count). The Morgan fingerprint density at radius 2 is 1.88 bits per heavy atom. The Labute approximate surface area is 144 Å². The lowest BCUT2D eigenvalue weighted by Gasteiger charge is -2.16. The first-order valence-electron chi connectivity index (χ1n) is 8.03. The van der Waals surface area contributed by atoms with Crippen molar-refractivity contribution in [3.05, 3.63) is 54.1 Å². The van der Waals surface area contributed by atoms with Crippen molar-refractivity contribution >= 4 is 34.3 Å². The minimum Gasteiger partial charge on any atom is -0.341 e. The lowest BCUT2D eigenvalue weighted by molar-refractivity contribution is 0.0991. The topological polar surface area (TPSA) is 79.3 Å². The van der Waals surface area contributed by atoms with Crippen molar-refractivity contribution in [1.29, 1.82) is 0 Å². The number of carbonyl (C=O) groups excluding carboxylic acids is 2. The van der Waals surface area contributed by atoms with Crippen molar-refractivity contribution in [2.45, 2.75) is 6.54 Å². The van der Waals surface area contributed by atoms with Gasteiger partial charge in [0.05, 0.1) is 6.54 Å². The number of fused-ring (bicyclic) bond motifs is 2. The molecule has 0 radical (unpaired) electrons. The molecule has 1 aromatic heterocycles. The van der Waals surface area contributed by atoms with E-state index in [1.165, 1.54) is 7.05 Å². The van der Waals surface area contributed by atoms with Crippen molar-refractivity contribution in [2.24, 2.45) is 0 Å². The summed E-state index contributed by atoms with van der Waals surface area (Å²) < 4.78 is 1.73. The van der Waals surface area contributed by atoms with Crippen molar-refractivity contribution in [3.63, 3.8) is 0 Å². The summed E-state index contributed by atoms with van der Waals surface area (Å²) in [5, 5.41) is 11.4. The van der Waals surface area contributed by atoms with Gasteiger partial charge in [0.2, 0.25) is 0 Å². The number of aromatic nitrogens is 2. The van der Waals surface area contributed by atoms with Crippen LogP contribution in [0.25, 0.3) is 10.8 Å². The average molecular weight is 335 g/mol. The Bertz CT molecular complexity index is 973. The van der Waals surface area contributed by atoms with E-state index < -0.39 is 0 Å². The lowest BCUT2D eigenvalue weighted by Crippen LogP contribution is -2.29. The van der Waals surface area contributed by atoms with E-state index in [9.17, 15) is 9.59 Å². The van der Waals surface area contributed by atoms with Crippen LogP contribution in [0.3, 0.4) is 0 Å². The highest BCUT2D eigenvalue weighted by molar-refractivity contribution is 6.14. The highest BCUT2D eigenvalue weighted by Crippen LogP contribution is 2.28. The van der Waals surface area contributed by atoms with Crippen LogP contribution in [0.5, 0.6) is 0 Å². The van der Waals surface area contributed by atoms with Crippen molar-refractivity contribution in [3.8, 4) is 0 Å². The number of anilines is 2. The zero-order valence-electron chi connectivity index (χ0n) is 13.7. The van der Waals surface area contributed by atoms with Crippen LogP contribution in [-0.4, -0.2) is 35.3 Å². The smallest absolute Gasteiger partial charge is 0.320 e. The summed E-state index contributed by atoms with van der Waals surface area (Å²) >= 11 is 0. The lowest BCUT2D eigenvalue weighted by atomic mass is 10.0. The maximum Gasteiger partial charge on any atom is 0.320 e. The quantitative estimate of drug-likeness (QED) is 0.755. The van der Waals surface area contributed by atoms with Gasteiger partial charge in [0.1, 0.15) is 5.82 Å². The number of nitrogens with one attached hydrogen (secondary N) is 2. The third-order valence-electron chi connectivity index (χ3n) is 4.30. The van der Waals surface area contributed by atoms with Crippen molar-refractivity contribution in [2.75, 3.05) is 23.8 Å². The van der Waals surface area contributed by atoms with E-state index in [1.54, 1.807) is 15.6 Å². The standard InChI is InChI=1S/C18H17N5O2/c1-19-18(25)20-15-11-16-22(9-10-23(16)21-15)17(24)14-8-4-6-12-5-2-3-7-13(12)14/h2-8,11H,9-10H2,1H3,(H2,19,20,21,25). The van der Waals surface area contributed by atoms with Gasteiger partial charge in [-0.25, -0.2) is 9.48 Å². The number of benzene rings is 2. The molecular weight excluding hydrogens is 318 g/mol. The SMILES string of the molecule is CNC(=O)Nc1cc2n(n1)CCN2C(=O)c1cccc2ccccc12. The summed E-state index contributed by atoms with van der Waals surface area (Å²) in [6.45, 7) is 1.16. The van der Waals surface area contributed by atoms with Gasteiger partial charge in [-0.3, -0.25) is 15.0 Å². The molecule has 1 aliphatic heterocycles. The van der Waals surface area contributed by atoms with E-state index >= 15 is 0 Å². The van der Waals surface area contributed by atoms with Gasteiger partial charge in [-0.05, 0) is 16.8 Å². The molecular formula is C18H17N5O2. The van der Waals surface area contributed by atoms with E-state index in [2.05, 4.69) is 15.7 Å². The first-order chi connectivity index (χ1) is 12.2. The van der Waals surface area contributed by atoms with Gasteiger partial charge in [-0.2, -0.15) is 5.10 Å². The van der Waals surface area contributed by atoms with E-state index in [1.807, 2.05) is 42.5 Å². The molecule has 2 N–H and O–H groups in total. The van der Waals surface area contributed by atoms with Crippen LogP contribution in [-0.2, 0) is 6.54 Å². The Morgan fingerprint density at radius 3 is 2.72 bits per heavy atom. The summed E-state index contributed by atoms with van der Waals surface area (Å²) in [7, 11) is 1.54. The Morgan fingerprint density at radius 1 is 1.08 bits per heavy atom. The maximum absolute atomic E-state index is 13.1. The number of nitrogens with zero attached hydrogens (tertiary/aromatic N) is 3. The summed E-state index contributed by atoms with van der Waals surface area (Å²) in [4.78, 5) is 26.2. The number of rotatable bonds is 2. The van der Waals surface area contributed by atoms with Gasteiger partial charge >= 0.3 is 6.03 Å². The van der Waals surface area contributed by atoms with E-state index in [4.69, 9.17) is 0 Å². The second kappa shape index (κ2) is 5.94. The molecule has 0 atom stereocenters. The van der Waals surface area contributed by atoms with Gasteiger partial charge in [-0.1, -0.05) is 36.4 Å². The molecule has 0 aliphatic carbocycles. The monoisotopic (exact) mass is 335 g/mol. The molecule has 126 valence electrons. The number of urea groups is 1. The molecule has 0 saturated heterocycles. The second-order valence-corrected chi connectivity index (χ2v) is 5.80. The van der Waals surface area contributed by atoms with Crippen LogP contribution < -0.4 is 15.5 Å². The predicted molar refractivity (Wildman–Crippen MR) is 95.9 cm³/mol. The van der Waals surface area contributed by atoms with E-state index in [-0.39, 0.29) is 11.9 Å². The van der Waals surface area contributed by atoms with Crippen LogP contribution in [0, 0.1) is 0 Å². The molecule has 0 bridgehead atoms. The van der Waals surface area contributed by atoms with Crippen LogP contribution >= 0.6 is 0 Å². The van der Waals surface area contributed by atoms with Crippen LogP contribution in [0.1, 0.15) is 10.4 Å². The molecule has 0 saturated carbocycles. The first kappa shape index (κ1) is 15.2. The Hall–Kier alpha value is -3.35. The Balaban J connectivity index is 1.68. The number of hydrogen-bond donors (Lipinski definition) is 2. The molecule has 2 aromatic carbocycles. The molecule has 7 nitrogen and oxygen atoms in total. The third-order valence-corrected chi connectivity index (χ3v) is 4.30. The molecule has 7 heteroatoms. The molecule has 2 heterocycles. The fraction of sp³-hybridized carbons (Fsp3) is 0.167. The third kappa shape index (κ3) is 2.59. The van der Waals surface area contributed by atoms with Gasteiger partial charge < -0.3 is 5.32 Å². The Kier molecular flexibility index (Phi) is 3.61. The van der Waals surface area contributed by atoms with Crippen molar-refractivity contribution in [1.82, 2.24) is 15.1 Å². The molecule has 0 unspecified atom stereocenters. The van der Waals surface area contributed by atoms with Gasteiger partial charge in [-0.15, -0.1) is 0 Å². The van der Waals surface area contributed by atoms with Crippen LogP contribution in [0.4, 0.5) is 16.4 Å². The van der Waals surface area contributed by atoms with Crippen LogP contribution in [0.15, 0.2) is 48.5 Å². The molecule has 3 amide bonds. The predicted octanol–water partition coefficient (Wildman–Crippen LogP) is 2.45. The molecule has 0 spiro atoms. The number of amides is 3. The highest BCUT2D eigenvalue weighted by atomic mass is 16.2. The average Bonchev–Trinajstić information content (AvgIpc) is 3.20. The highest BCUT2D eigenvalue weighted by Gasteiger charge is 2.28. The van der Waals surface area contributed by atoms with Crippen molar-refractivity contribution < 1.29 is 9.59 Å². The first-order valence-corrected chi connectivity index (χ1v) is 8.03. The normalized spacial score (nSPS) is 12.9. The number of carbonyl (C=O) groups is 2. The maximum atomic E-state index is 13.1. The summed E-state index contributed by atoms with van der Waals surface area (Å²) in [6.07, 6.45) is 0. The van der Waals surface area contributed by atoms with E-state index in [0.29, 0.717) is 30.3 Å². The largest absolute Gasteiger partial charge is 0.341 e. The zero-order chi connectivity index (χ0) is 17.4. The molecule has 3 aromatic rings. The summed E-state index contributed by atoms with van der Waals surface area (Å²) in [6, 6.07) is 14.9. The summed E-state index contributed by atoms with van der Waals surface area (Å²) in [5.74, 6) is 1.04. The minimum atomic E-state index is -0.344. The molecule has 0 fully saturated rings. The minimum absolute atomic E-state index is 0.0676. The number of hydrogen-bond acceptors (Lipinski definition) is 3. The fourth-order valence-corrected chi connectivity index (χ4v) is 3.10.